The molecule has 0 saturated carbocycles. The average Bonchev–Trinajstić information content (AvgIpc) is 2.94. The smallest absolute Gasteiger partial charge is 0.371 e. The number of carboxylic acid groups (broad SMARTS) is 1. The van der Waals surface area contributed by atoms with E-state index in [1.807, 2.05) is 6.07 Å². The Labute approximate surface area is 119 Å². The van der Waals surface area contributed by atoms with E-state index < -0.39 is 5.97 Å². The van der Waals surface area contributed by atoms with Crippen LogP contribution in [0.5, 0.6) is 5.75 Å². The van der Waals surface area contributed by atoms with Crippen molar-refractivity contribution < 1.29 is 19.4 Å². The Morgan fingerprint density at radius 3 is 2.86 bits per heavy atom. The second kappa shape index (κ2) is 5.16. The van der Waals surface area contributed by atoms with E-state index in [1.165, 1.54) is 6.07 Å². The van der Waals surface area contributed by atoms with Gasteiger partial charge in [0.1, 0.15) is 17.3 Å². The fraction of sp³-hybridized carbons (Fsp3) is 0.0667. The number of phenolic OH excluding ortho intramolecular Hbond substituents is 1. The van der Waals surface area contributed by atoms with Crippen LogP contribution in [0.2, 0.25) is 0 Å². The van der Waals surface area contributed by atoms with Crippen LogP contribution in [0.1, 0.15) is 16.3 Å². The van der Waals surface area contributed by atoms with Crippen LogP contribution in [0.25, 0.3) is 10.8 Å². The molecule has 0 aliphatic carbocycles. The first kappa shape index (κ1) is 13.0. The molecule has 0 unspecified atom stereocenters. The summed E-state index contributed by atoms with van der Waals surface area (Å²) in [6.07, 6.45) is 1.66. The standard InChI is InChI=1S/C15H12N2O4/c18-10-2-1-9-5-6-16-14(12(9)7-10)17-8-11-3-4-13(21-11)15(19)20/h1-7,18H,8H2,(H,16,17)(H,19,20). The first-order chi connectivity index (χ1) is 10.1. The normalized spacial score (nSPS) is 10.7. The molecule has 2 aromatic heterocycles. The van der Waals surface area contributed by atoms with Gasteiger partial charge in [-0.05, 0) is 35.7 Å². The lowest BCUT2D eigenvalue weighted by atomic mass is 10.1. The van der Waals surface area contributed by atoms with E-state index in [4.69, 9.17) is 9.52 Å². The number of phenols is 1. The van der Waals surface area contributed by atoms with Crippen molar-refractivity contribution in [2.45, 2.75) is 6.54 Å². The number of nitrogens with zero attached hydrogens (tertiary/aromatic N) is 1. The molecule has 0 fully saturated rings. The van der Waals surface area contributed by atoms with E-state index in [-0.39, 0.29) is 11.5 Å². The molecule has 1 aromatic carbocycles. The predicted octanol–water partition coefficient (Wildman–Crippen LogP) is 2.84. The third-order valence-corrected chi connectivity index (χ3v) is 3.05. The number of anilines is 1. The monoisotopic (exact) mass is 284 g/mol. The van der Waals surface area contributed by atoms with E-state index in [9.17, 15) is 9.90 Å². The van der Waals surface area contributed by atoms with Gasteiger partial charge in [-0.15, -0.1) is 0 Å². The number of carbonyl (C=O) groups is 1. The number of nitrogens with one attached hydrogen (secondary N) is 1. The second-order valence-electron chi connectivity index (χ2n) is 4.49. The highest BCUT2D eigenvalue weighted by atomic mass is 16.4. The third-order valence-electron chi connectivity index (χ3n) is 3.05. The van der Waals surface area contributed by atoms with Crippen LogP contribution in [0, 0.1) is 0 Å². The fourth-order valence-corrected chi connectivity index (χ4v) is 2.06. The summed E-state index contributed by atoms with van der Waals surface area (Å²) in [6, 6.07) is 9.87. The van der Waals surface area contributed by atoms with Crippen LogP contribution < -0.4 is 5.32 Å². The van der Waals surface area contributed by atoms with Crippen LogP contribution in [0.4, 0.5) is 5.82 Å². The molecule has 0 spiro atoms. The van der Waals surface area contributed by atoms with Crippen molar-refractivity contribution in [3.05, 3.63) is 54.1 Å². The molecule has 3 aromatic rings. The first-order valence-corrected chi connectivity index (χ1v) is 6.27. The van der Waals surface area contributed by atoms with Gasteiger partial charge < -0.3 is 19.9 Å². The minimum Gasteiger partial charge on any atom is -0.508 e. The number of aromatic hydroxyl groups is 1. The van der Waals surface area contributed by atoms with E-state index in [0.717, 1.165) is 10.8 Å². The molecule has 0 aliphatic rings. The van der Waals surface area contributed by atoms with Gasteiger partial charge in [0.2, 0.25) is 5.76 Å². The molecule has 0 bridgehead atoms. The van der Waals surface area contributed by atoms with Crippen molar-refractivity contribution in [1.82, 2.24) is 4.98 Å². The lowest BCUT2D eigenvalue weighted by Gasteiger charge is -2.07. The summed E-state index contributed by atoms with van der Waals surface area (Å²) >= 11 is 0. The topological polar surface area (TPSA) is 95.6 Å². The van der Waals surface area contributed by atoms with Crippen LogP contribution in [-0.2, 0) is 6.54 Å². The van der Waals surface area contributed by atoms with Gasteiger partial charge in [-0.25, -0.2) is 9.78 Å². The molecular weight excluding hydrogens is 272 g/mol. The first-order valence-electron chi connectivity index (χ1n) is 6.27. The summed E-state index contributed by atoms with van der Waals surface area (Å²) in [7, 11) is 0. The quantitative estimate of drug-likeness (QED) is 0.681. The number of fused-ring (bicyclic) bond motifs is 1. The Kier molecular flexibility index (Phi) is 3.19. The molecule has 6 heteroatoms. The van der Waals surface area contributed by atoms with Gasteiger partial charge in [0.15, 0.2) is 0 Å². The van der Waals surface area contributed by atoms with Crippen molar-refractivity contribution in [3.8, 4) is 5.75 Å². The number of pyridine rings is 1. The Hall–Kier alpha value is -3.02. The molecule has 2 heterocycles. The van der Waals surface area contributed by atoms with Gasteiger partial charge in [-0.1, -0.05) is 6.07 Å². The van der Waals surface area contributed by atoms with E-state index in [0.29, 0.717) is 18.1 Å². The number of rotatable bonds is 4. The molecule has 3 N–H and O–H groups in total. The summed E-state index contributed by atoms with van der Waals surface area (Å²) in [5, 5.41) is 23.2. The van der Waals surface area contributed by atoms with Gasteiger partial charge in [-0.3, -0.25) is 0 Å². The minimum atomic E-state index is -1.10. The molecule has 0 amide bonds. The minimum absolute atomic E-state index is 0.102. The summed E-state index contributed by atoms with van der Waals surface area (Å²) in [5.41, 5.74) is 0. The van der Waals surface area contributed by atoms with Crippen molar-refractivity contribution in [2.24, 2.45) is 0 Å². The van der Waals surface area contributed by atoms with Crippen LogP contribution in [0.15, 0.2) is 47.0 Å². The van der Waals surface area contributed by atoms with Gasteiger partial charge in [0.05, 0.1) is 6.54 Å². The number of furan rings is 1. The molecule has 106 valence electrons. The number of hydrogen-bond donors (Lipinski definition) is 3. The Bertz CT molecular complexity index is 810. The highest BCUT2D eigenvalue weighted by molar-refractivity contribution is 5.92. The summed E-state index contributed by atoms with van der Waals surface area (Å²) in [6.45, 7) is 0.301. The van der Waals surface area contributed by atoms with Crippen molar-refractivity contribution in [1.29, 1.82) is 0 Å². The summed E-state index contributed by atoms with van der Waals surface area (Å²) in [4.78, 5) is 15.0. The number of aromatic nitrogens is 1. The van der Waals surface area contributed by atoms with Crippen molar-refractivity contribution in [2.75, 3.05) is 5.32 Å². The van der Waals surface area contributed by atoms with Gasteiger partial charge in [0.25, 0.3) is 0 Å². The van der Waals surface area contributed by atoms with Crippen molar-refractivity contribution >= 4 is 22.6 Å². The number of carboxylic acids is 1. The summed E-state index contributed by atoms with van der Waals surface area (Å²) < 4.78 is 5.16. The Balaban J connectivity index is 1.84. The van der Waals surface area contributed by atoms with E-state index in [1.54, 1.807) is 30.5 Å². The molecule has 3 rings (SSSR count). The highest BCUT2D eigenvalue weighted by Gasteiger charge is 2.09. The second-order valence-corrected chi connectivity index (χ2v) is 4.49. The SMILES string of the molecule is O=C(O)c1ccc(CNc2nccc3ccc(O)cc23)o1. The predicted molar refractivity (Wildman–Crippen MR) is 76.4 cm³/mol. The largest absolute Gasteiger partial charge is 0.508 e. The lowest BCUT2D eigenvalue weighted by Crippen LogP contribution is -2.01. The third kappa shape index (κ3) is 2.64. The van der Waals surface area contributed by atoms with Crippen LogP contribution >= 0.6 is 0 Å². The molecule has 6 nitrogen and oxygen atoms in total. The molecule has 0 saturated heterocycles. The number of aromatic carboxylic acids is 1. The Morgan fingerprint density at radius 2 is 2.10 bits per heavy atom. The van der Waals surface area contributed by atoms with Crippen LogP contribution in [-0.4, -0.2) is 21.2 Å². The van der Waals surface area contributed by atoms with Gasteiger partial charge in [0, 0.05) is 11.6 Å². The number of benzene rings is 1. The molecule has 0 aliphatic heterocycles. The maximum absolute atomic E-state index is 10.7. The molecule has 21 heavy (non-hydrogen) atoms. The average molecular weight is 284 g/mol. The number of hydrogen-bond acceptors (Lipinski definition) is 5. The van der Waals surface area contributed by atoms with Gasteiger partial charge in [-0.2, -0.15) is 0 Å². The van der Waals surface area contributed by atoms with Crippen molar-refractivity contribution in [3.63, 3.8) is 0 Å². The van der Waals surface area contributed by atoms with Gasteiger partial charge >= 0.3 is 5.97 Å². The molecule has 0 atom stereocenters. The highest BCUT2D eigenvalue weighted by Crippen LogP contribution is 2.25. The molecule has 0 radical (unpaired) electrons. The zero-order chi connectivity index (χ0) is 14.8. The maximum atomic E-state index is 10.7. The zero-order valence-corrected chi connectivity index (χ0v) is 10.9. The molecular formula is C15H12N2O4. The maximum Gasteiger partial charge on any atom is 0.371 e. The summed E-state index contributed by atoms with van der Waals surface area (Å²) in [5.74, 6) is 0.0394. The zero-order valence-electron chi connectivity index (χ0n) is 10.9. The van der Waals surface area contributed by atoms with E-state index in [2.05, 4.69) is 10.3 Å². The van der Waals surface area contributed by atoms with Crippen LogP contribution in [0.3, 0.4) is 0 Å². The fourth-order valence-electron chi connectivity index (χ4n) is 2.06. The van der Waals surface area contributed by atoms with E-state index >= 15 is 0 Å². The Morgan fingerprint density at radius 1 is 1.24 bits per heavy atom. The lowest BCUT2D eigenvalue weighted by molar-refractivity contribution is 0.0660.